The minimum atomic E-state index is -0.799. The van der Waals surface area contributed by atoms with Gasteiger partial charge in [0.25, 0.3) is 0 Å². The van der Waals surface area contributed by atoms with Crippen LogP contribution in [0.2, 0.25) is 0 Å². The Labute approximate surface area is 212 Å². The van der Waals surface area contributed by atoms with E-state index >= 15 is 0 Å². The van der Waals surface area contributed by atoms with Gasteiger partial charge < -0.3 is 4.90 Å². The Morgan fingerprint density at radius 3 is 2.49 bits per heavy atom. The highest BCUT2D eigenvalue weighted by Crippen LogP contribution is 2.39. The Morgan fingerprint density at radius 2 is 1.80 bits per heavy atom. The molecule has 0 aromatic heterocycles. The minimum Gasteiger partial charge on any atom is -0.369 e. The number of hydrogen-bond donors (Lipinski definition) is 1. The Morgan fingerprint density at radius 1 is 1.06 bits per heavy atom. The number of carbonyl (C=O) groups is 4. The molecule has 0 saturated carbocycles. The molecule has 35 heavy (non-hydrogen) atoms. The number of nitrogens with one attached hydrogen (secondary N) is 1. The van der Waals surface area contributed by atoms with Crippen LogP contribution in [0.25, 0.3) is 0 Å². The van der Waals surface area contributed by atoms with Gasteiger partial charge in [0, 0.05) is 55.8 Å². The van der Waals surface area contributed by atoms with E-state index in [9.17, 15) is 19.2 Å². The summed E-state index contributed by atoms with van der Waals surface area (Å²) in [6.45, 7) is 4.62. The van der Waals surface area contributed by atoms with Crippen molar-refractivity contribution in [2.45, 2.75) is 38.0 Å². The van der Waals surface area contributed by atoms with Gasteiger partial charge in [0.15, 0.2) is 6.29 Å². The molecule has 0 radical (unpaired) electrons. The van der Waals surface area contributed by atoms with Crippen LogP contribution >= 0.6 is 15.9 Å². The van der Waals surface area contributed by atoms with Crippen LogP contribution in [0.4, 0.5) is 5.69 Å². The molecule has 0 spiro atoms. The maximum absolute atomic E-state index is 12.8. The maximum atomic E-state index is 12.8. The van der Waals surface area contributed by atoms with E-state index in [1.807, 2.05) is 30.3 Å². The van der Waals surface area contributed by atoms with Crippen LogP contribution in [-0.2, 0) is 32.3 Å². The van der Waals surface area contributed by atoms with Crippen molar-refractivity contribution in [3.8, 4) is 0 Å². The molecule has 8 nitrogen and oxygen atoms in total. The van der Waals surface area contributed by atoms with Gasteiger partial charge in [0.1, 0.15) is 6.04 Å². The molecule has 2 unspecified atom stereocenters. The summed E-state index contributed by atoms with van der Waals surface area (Å²) >= 11 is 3.48. The van der Waals surface area contributed by atoms with E-state index in [2.05, 4.69) is 43.2 Å². The van der Waals surface area contributed by atoms with Crippen molar-refractivity contribution >= 4 is 45.5 Å². The topological polar surface area (TPSA) is 90.0 Å². The molecule has 5 rings (SSSR count). The number of amides is 2. The van der Waals surface area contributed by atoms with Crippen LogP contribution in [0.1, 0.15) is 35.6 Å². The highest BCUT2D eigenvalue weighted by molar-refractivity contribution is 9.10. The SMILES string of the molecule is O=CC(=O)C1c2c(CN3CCN(c4ccc(Br)cc4)CC3)cccc2CN1C1CCC(=O)NC1=O. The molecular weight excluding hydrogens is 512 g/mol. The molecule has 1 N–H and O–H groups in total. The molecule has 2 aromatic rings. The van der Waals surface area contributed by atoms with Crippen molar-refractivity contribution in [2.75, 3.05) is 31.1 Å². The third kappa shape index (κ3) is 4.80. The number of fused-ring (bicyclic) bond motifs is 1. The van der Waals surface area contributed by atoms with Crippen LogP contribution in [-0.4, -0.2) is 65.9 Å². The quantitative estimate of drug-likeness (QED) is 0.342. The van der Waals surface area contributed by atoms with Crippen molar-refractivity contribution in [1.29, 1.82) is 0 Å². The van der Waals surface area contributed by atoms with Crippen molar-refractivity contribution < 1.29 is 19.2 Å². The number of piperidine rings is 1. The van der Waals surface area contributed by atoms with E-state index < -0.39 is 23.8 Å². The molecule has 182 valence electrons. The van der Waals surface area contributed by atoms with E-state index in [4.69, 9.17) is 0 Å². The summed E-state index contributed by atoms with van der Waals surface area (Å²) in [5, 5.41) is 2.38. The van der Waals surface area contributed by atoms with Crippen molar-refractivity contribution in [2.24, 2.45) is 0 Å². The lowest BCUT2D eigenvalue weighted by atomic mass is 9.94. The summed E-state index contributed by atoms with van der Waals surface area (Å²) in [5.41, 5.74) is 4.00. The van der Waals surface area contributed by atoms with E-state index in [0.29, 0.717) is 25.8 Å². The first kappa shape index (κ1) is 23.8. The first-order valence-electron chi connectivity index (χ1n) is 11.9. The number of halogens is 1. The normalized spacial score (nSPS) is 23.2. The van der Waals surface area contributed by atoms with Crippen molar-refractivity contribution in [1.82, 2.24) is 15.1 Å². The minimum absolute atomic E-state index is 0.223. The Hall–Kier alpha value is -2.88. The summed E-state index contributed by atoms with van der Waals surface area (Å²) in [6.07, 6.45) is 0.918. The molecule has 2 amide bonds. The lowest BCUT2D eigenvalue weighted by molar-refractivity contribution is -0.141. The number of Topliss-reactive ketones (excluding diaryl/α,β-unsaturated/α-hetero) is 1. The Kier molecular flexibility index (Phi) is 6.82. The molecule has 2 saturated heterocycles. The van der Waals surface area contributed by atoms with Gasteiger partial charge in [0.05, 0.1) is 6.04 Å². The average Bonchev–Trinajstić information content (AvgIpc) is 3.25. The number of imide groups is 1. The van der Waals surface area contributed by atoms with Gasteiger partial charge in [0.2, 0.25) is 17.6 Å². The van der Waals surface area contributed by atoms with Gasteiger partial charge in [-0.15, -0.1) is 0 Å². The predicted molar refractivity (Wildman–Crippen MR) is 134 cm³/mol. The largest absolute Gasteiger partial charge is 0.369 e. The maximum Gasteiger partial charge on any atom is 0.243 e. The van der Waals surface area contributed by atoms with Crippen LogP contribution in [0.15, 0.2) is 46.9 Å². The van der Waals surface area contributed by atoms with Crippen molar-refractivity contribution in [3.63, 3.8) is 0 Å². The van der Waals surface area contributed by atoms with Crippen LogP contribution in [0, 0.1) is 0 Å². The standard InChI is InChI=1S/C26H27BrN4O4/c27-19-4-6-20(7-5-19)30-12-10-29(11-13-30)14-17-2-1-3-18-15-31(25(24(17)18)22(33)16-32)21-8-9-23(34)28-26(21)35/h1-7,16,21,25H,8-15H2,(H,28,34,35). The summed E-state index contributed by atoms with van der Waals surface area (Å²) in [7, 11) is 0. The number of carbonyl (C=O) groups excluding carboxylic acids is 4. The number of benzene rings is 2. The van der Waals surface area contributed by atoms with E-state index in [1.54, 1.807) is 4.90 Å². The molecule has 3 aliphatic rings. The second kappa shape index (κ2) is 10.0. The number of nitrogens with zero attached hydrogens (tertiary/aromatic N) is 3. The van der Waals surface area contributed by atoms with Crippen LogP contribution in [0.5, 0.6) is 0 Å². The highest BCUT2D eigenvalue weighted by atomic mass is 79.9. The summed E-state index contributed by atoms with van der Waals surface area (Å²) in [6, 6.07) is 12.9. The smallest absolute Gasteiger partial charge is 0.243 e. The first-order chi connectivity index (χ1) is 16.9. The van der Waals surface area contributed by atoms with Gasteiger partial charge in [-0.25, -0.2) is 0 Å². The van der Waals surface area contributed by atoms with E-state index in [0.717, 1.165) is 47.3 Å². The molecule has 0 aliphatic carbocycles. The first-order valence-corrected chi connectivity index (χ1v) is 12.7. The molecule has 2 atom stereocenters. The van der Waals surface area contributed by atoms with Gasteiger partial charge in [-0.3, -0.25) is 34.3 Å². The van der Waals surface area contributed by atoms with Gasteiger partial charge in [-0.05, 0) is 47.4 Å². The number of piperazine rings is 1. The summed E-state index contributed by atoms with van der Waals surface area (Å²) in [5.74, 6) is -1.26. The third-order valence-corrected chi connectivity index (χ3v) is 7.73. The number of hydrogen-bond acceptors (Lipinski definition) is 7. The molecule has 0 bridgehead atoms. The second-order valence-electron chi connectivity index (χ2n) is 9.29. The average molecular weight is 539 g/mol. The van der Waals surface area contributed by atoms with E-state index in [1.165, 1.54) is 5.69 Å². The zero-order valence-electron chi connectivity index (χ0n) is 19.3. The fraction of sp³-hybridized carbons (Fsp3) is 0.385. The van der Waals surface area contributed by atoms with E-state index in [-0.39, 0.29) is 12.3 Å². The second-order valence-corrected chi connectivity index (χ2v) is 10.2. The Balaban J connectivity index is 1.34. The lowest BCUT2D eigenvalue weighted by Crippen LogP contribution is -2.52. The fourth-order valence-electron chi connectivity index (χ4n) is 5.46. The third-order valence-electron chi connectivity index (χ3n) is 7.20. The zero-order valence-corrected chi connectivity index (χ0v) is 20.9. The molecule has 9 heteroatoms. The lowest BCUT2D eigenvalue weighted by Gasteiger charge is -2.37. The zero-order chi connectivity index (χ0) is 24.5. The number of rotatable bonds is 6. The van der Waals surface area contributed by atoms with Gasteiger partial charge in [-0.2, -0.15) is 0 Å². The summed E-state index contributed by atoms with van der Waals surface area (Å²) < 4.78 is 1.06. The molecule has 2 fully saturated rings. The fourth-order valence-corrected chi connectivity index (χ4v) is 5.73. The summed E-state index contributed by atoms with van der Waals surface area (Å²) in [4.78, 5) is 55.2. The number of aldehydes is 1. The van der Waals surface area contributed by atoms with Gasteiger partial charge in [-0.1, -0.05) is 34.1 Å². The monoisotopic (exact) mass is 538 g/mol. The molecular formula is C26H27BrN4O4. The highest BCUT2D eigenvalue weighted by Gasteiger charge is 2.44. The molecule has 3 aliphatic heterocycles. The Bertz CT molecular complexity index is 1160. The van der Waals surface area contributed by atoms with Gasteiger partial charge >= 0.3 is 0 Å². The van der Waals surface area contributed by atoms with Crippen LogP contribution in [0.3, 0.4) is 0 Å². The number of ketones is 1. The predicted octanol–water partition coefficient (Wildman–Crippen LogP) is 2.20. The number of anilines is 1. The molecule has 2 aromatic carbocycles. The van der Waals surface area contributed by atoms with Crippen LogP contribution < -0.4 is 10.2 Å². The van der Waals surface area contributed by atoms with Crippen molar-refractivity contribution in [3.05, 3.63) is 63.6 Å². The molecule has 3 heterocycles.